The van der Waals surface area contributed by atoms with Gasteiger partial charge in [0.15, 0.2) is 0 Å². The zero-order valence-corrected chi connectivity index (χ0v) is 12.1. The number of sulfonamides is 1. The van der Waals surface area contributed by atoms with Gasteiger partial charge in [0.05, 0.1) is 17.8 Å². The van der Waals surface area contributed by atoms with Gasteiger partial charge in [-0.05, 0) is 12.5 Å². The van der Waals surface area contributed by atoms with Crippen molar-refractivity contribution >= 4 is 21.9 Å². The molecular weight excluding hydrogens is 327 g/mol. The van der Waals surface area contributed by atoms with Crippen LogP contribution in [0.5, 0.6) is 0 Å². The smallest absolute Gasteiger partial charge is 0.415 e. The van der Waals surface area contributed by atoms with Crippen LogP contribution in [0.15, 0.2) is 29.4 Å². The fourth-order valence-electron chi connectivity index (χ4n) is 1.96. The highest BCUT2D eigenvalue weighted by Crippen LogP contribution is 2.44. The van der Waals surface area contributed by atoms with E-state index >= 15 is 0 Å². The van der Waals surface area contributed by atoms with E-state index < -0.39 is 38.1 Å². The van der Waals surface area contributed by atoms with Crippen LogP contribution in [0.2, 0.25) is 0 Å². The van der Waals surface area contributed by atoms with Gasteiger partial charge in [0, 0.05) is 0 Å². The number of ether oxygens (including phenoxy) is 1. The highest BCUT2D eigenvalue weighted by Gasteiger charge is 2.64. The van der Waals surface area contributed by atoms with Gasteiger partial charge in [-0.15, -0.1) is 0 Å². The summed E-state index contributed by atoms with van der Waals surface area (Å²) in [6.45, 7) is 1.21. The number of primary sulfonamides is 1. The Morgan fingerprint density at radius 1 is 1.45 bits per heavy atom. The third kappa shape index (κ3) is 2.85. The molecule has 1 unspecified atom stereocenters. The third-order valence-corrected chi connectivity index (χ3v) is 4.31. The zero-order valence-electron chi connectivity index (χ0n) is 11.3. The molecule has 0 aliphatic heterocycles. The maximum absolute atomic E-state index is 13.2. The summed E-state index contributed by atoms with van der Waals surface area (Å²) in [5.41, 5.74) is -2.89. The predicted octanol–water partition coefficient (Wildman–Crippen LogP) is 0.783. The lowest BCUT2D eigenvalue weighted by Crippen LogP contribution is -2.57. The lowest BCUT2D eigenvalue weighted by atomic mass is 9.86. The Hall–Kier alpha value is -1.90. The molecule has 122 valence electrons. The quantitative estimate of drug-likeness (QED) is 0.602. The topological polar surface area (TPSA) is 104 Å². The summed E-state index contributed by atoms with van der Waals surface area (Å²) >= 11 is 0. The maximum atomic E-state index is 13.2. The first-order valence-electron chi connectivity index (χ1n) is 5.94. The molecule has 1 atom stereocenters. The van der Waals surface area contributed by atoms with E-state index in [9.17, 15) is 31.2 Å². The summed E-state index contributed by atoms with van der Waals surface area (Å²) in [5.74, 6) is -0.749. The van der Waals surface area contributed by atoms with Crippen LogP contribution >= 0.6 is 0 Å². The van der Waals surface area contributed by atoms with E-state index in [2.05, 4.69) is 4.74 Å². The molecular formula is C12H12F3NO5S. The number of alkyl halides is 3. The van der Waals surface area contributed by atoms with Crippen LogP contribution in [0.25, 0.3) is 0 Å². The molecule has 0 saturated carbocycles. The standard InChI is InChI=1S/C12H12F3NO5S/c1-2-6-21-10(18)11(22(16,19)20)8(7-17)4-3-5-9(11)12(13,14)15/h3-5H,2,6H2,1H3,(H2,16,19,20). The van der Waals surface area contributed by atoms with Crippen LogP contribution in [0.4, 0.5) is 13.2 Å². The van der Waals surface area contributed by atoms with Gasteiger partial charge in [0.25, 0.3) is 0 Å². The van der Waals surface area contributed by atoms with Gasteiger partial charge in [0.2, 0.25) is 14.8 Å². The highest BCUT2D eigenvalue weighted by atomic mass is 32.2. The Balaban J connectivity index is 3.77. The van der Waals surface area contributed by atoms with Crippen molar-refractivity contribution in [1.82, 2.24) is 0 Å². The fourth-order valence-corrected chi connectivity index (χ4v) is 3.16. The van der Waals surface area contributed by atoms with Crippen LogP contribution < -0.4 is 5.14 Å². The molecule has 0 radical (unpaired) electrons. The summed E-state index contributed by atoms with van der Waals surface area (Å²) in [6, 6.07) is 0. The van der Waals surface area contributed by atoms with Crippen molar-refractivity contribution in [2.75, 3.05) is 6.61 Å². The van der Waals surface area contributed by atoms with Crippen LogP contribution in [0.3, 0.4) is 0 Å². The summed E-state index contributed by atoms with van der Waals surface area (Å²) in [4.78, 5) is 23.0. The van der Waals surface area contributed by atoms with E-state index in [1.54, 1.807) is 6.92 Å². The molecule has 1 aliphatic carbocycles. The van der Waals surface area contributed by atoms with Gasteiger partial charge < -0.3 is 4.74 Å². The van der Waals surface area contributed by atoms with E-state index in [0.29, 0.717) is 6.08 Å². The molecule has 0 saturated heterocycles. The summed E-state index contributed by atoms with van der Waals surface area (Å²) in [5, 5.41) is 4.87. The molecule has 6 nitrogen and oxygen atoms in total. The van der Waals surface area contributed by atoms with Crippen molar-refractivity contribution in [3.8, 4) is 0 Å². The molecule has 0 aromatic rings. The average molecular weight is 339 g/mol. The SMILES string of the molecule is CCCOC(=O)C1(S(N)(=O)=O)C(=C=O)C=CC=C1C(F)(F)F. The van der Waals surface area contributed by atoms with Crippen LogP contribution in [-0.4, -0.2) is 37.9 Å². The molecule has 0 aromatic carbocycles. The maximum Gasteiger partial charge on any atom is 0.415 e. The molecule has 22 heavy (non-hydrogen) atoms. The van der Waals surface area contributed by atoms with Crippen molar-refractivity contribution < 1.29 is 35.9 Å². The lowest BCUT2D eigenvalue weighted by Gasteiger charge is -2.33. The van der Waals surface area contributed by atoms with Crippen molar-refractivity contribution in [3.63, 3.8) is 0 Å². The van der Waals surface area contributed by atoms with Gasteiger partial charge in [-0.3, -0.25) is 0 Å². The second-order valence-corrected chi connectivity index (χ2v) is 6.02. The minimum absolute atomic E-state index is 0.230. The number of carbonyl (C=O) groups excluding carboxylic acids is 2. The predicted molar refractivity (Wildman–Crippen MR) is 69.6 cm³/mol. The van der Waals surface area contributed by atoms with Crippen molar-refractivity contribution in [3.05, 3.63) is 29.4 Å². The molecule has 0 spiro atoms. The molecule has 0 fully saturated rings. The van der Waals surface area contributed by atoms with Crippen LogP contribution in [0, 0.1) is 0 Å². The lowest BCUT2D eigenvalue weighted by molar-refractivity contribution is -0.148. The van der Waals surface area contributed by atoms with Crippen molar-refractivity contribution in [2.45, 2.75) is 24.3 Å². The molecule has 0 heterocycles. The van der Waals surface area contributed by atoms with Gasteiger partial charge in [-0.1, -0.05) is 19.1 Å². The minimum atomic E-state index is -5.23. The number of allylic oxidation sites excluding steroid dienone is 3. The normalized spacial score (nSPS) is 22.0. The van der Waals surface area contributed by atoms with Gasteiger partial charge >= 0.3 is 12.1 Å². The number of carbonyl (C=O) groups is 1. The van der Waals surface area contributed by atoms with Gasteiger partial charge in [0.1, 0.15) is 5.94 Å². The molecule has 1 aliphatic rings. The second kappa shape index (κ2) is 6.07. The molecule has 0 bridgehead atoms. The Bertz CT molecular complexity index is 686. The van der Waals surface area contributed by atoms with E-state index in [1.807, 2.05) is 0 Å². The van der Waals surface area contributed by atoms with Crippen molar-refractivity contribution in [1.29, 1.82) is 0 Å². The van der Waals surface area contributed by atoms with Crippen molar-refractivity contribution in [2.24, 2.45) is 5.14 Å². The molecule has 1 rings (SSSR count). The average Bonchev–Trinajstić information content (AvgIpc) is 2.41. The first kappa shape index (κ1) is 18.1. The largest absolute Gasteiger partial charge is 0.464 e. The Morgan fingerprint density at radius 3 is 2.45 bits per heavy atom. The monoisotopic (exact) mass is 339 g/mol. The highest BCUT2D eigenvalue weighted by molar-refractivity contribution is 7.91. The Labute approximate surface area is 124 Å². The molecule has 0 aromatic heterocycles. The van der Waals surface area contributed by atoms with E-state index in [0.717, 1.165) is 18.1 Å². The summed E-state index contributed by atoms with van der Waals surface area (Å²) < 4.78 is 64.3. The van der Waals surface area contributed by atoms with E-state index in [-0.39, 0.29) is 13.0 Å². The number of halogens is 3. The fraction of sp³-hybridized carbons (Fsp3) is 0.417. The van der Waals surface area contributed by atoms with Gasteiger partial charge in [-0.2, -0.15) is 13.2 Å². The van der Waals surface area contributed by atoms with Crippen LogP contribution in [-0.2, 0) is 24.3 Å². The number of esters is 1. The zero-order chi connectivity index (χ0) is 17.2. The summed E-state index contributed by atoms with van der Waals surface area (Å²) in [7, 11) is -5.22. The van der Waals surface area contributed by atoms with E-state index in [4.69, 9.17) is 5.14 Å². The molecule has 10 heteroatoms. The first-order chi connectivity index (χ1) is 10.0. The first-order valence-corrected chi connectivity index (χ1v) is 7.49. The second-order valence-electron chi connectivity index (χ2n) is 4.32. The Kier molecular flexibility index (Phi) is 5.01. The number of hydrogen-bond acceptors (Lipinski definition) is 5. The third-order valence-electron chi connectivity index (χ3n) is 2.85. The number of hydrogen-bond donors (Lipinski definition) is 1. The molecule has 2 N–H and O–H groups in total. The number of nitrogens with two attached hydrogens (primary N) is 1. The van der Waals surface area contributed by atoms with Gasteiger partial charge in [-0.25, -0.2) is 23.1 Å². The van der Waals surface area contributed by atoms with E-state index in [1.165, 1.54) is 0 Å². The summed E-state index contributed by atoms with van der Waals surface area (Å²) in [6.07, 6.45) is -3.14. The Morgan fingerprint density at radius 2 is 2.05 bits per heavy atom. The van der Waals surface area contributed by atoms with Crippen LogP contribution in [0.1, 0.15) is 13.3 Å². The number of rotatable bonds is 4. The molecule has 0 amide bonds. The minimum Gasteiger partial charge on any atom is -0.464 e.